The zero-order valence-electron chi connectivity index (χ0n) is 10.3. The zero-order chi connectivity index (χ0) is 14.2. The quantitative estimate of drug-likeness (QED) is 0.595. The molecule has 19 heavy (non-hydrogen) atoms. The molecular weight excluding hydrogens is 284 g/mol. The molecule has 0 aliphatic carbocycles. The van der Waals surface area contributed by atoms with Crippen molar-refractivity contribution in [2.45, 2.75) is 13.0 Å². The molecule has 0 radical (unpaired) electrons. The first-order valence-electron chi connectivity index (χ1n) is 5.50. The number of aryl methyl sites for hydroxylation is 1. The van der Waals surface area contributed by atoms with E-state index in [1.165, 1.54) is 6.92 Å². The summed E-state index contributed by atoms with van der Waals surface area (Å²) in [5, 5.41) is 10.8. The number of carbonyl (C=O) groups excluding carboxylic acids is 2. The van der Waals surface area contributed by atoms with Crippen LogP contribution in [0.1, 0.15) is 12.5 Å². The molecule has 7 heteroatoms. The number of rotatable bonds is 3. The summed E-state index contributed by atoms with van der Waals surface area (Å²) in [6.07, 6.45) is 5.41. The van der Waals surface area contributed by atoms with Crippen molar-refractivity contribution < 1.29 is 14.7 Å². The van der Waals surface area contributed by atoms with E-state index in [4.69, 9.17) is 12.2 Å². The van der Waals surface area contributed by atoms with Crippen LogP contribution in [0.5, 0.6) is 0 Å². The minimum Gasteiger partial charge on any atom is -0.548 e. The fraction of sp³-hybridized carbons (Fsp3) is 0.250. The van der Waals surface area contributed by atoms with E-state index in [0.29, 0.717) is 4.91 Å². The molecule has 100 valence electrons. The number of amides is 1. The van der Waals surface area contributed by atoms with Gasteiger partial charge in [0.2, 0.25) is 0 Å². The molecule has 1 amide bonds. The summed E-state index contributed by atoms with van der Waals surface area (Å²) in [5.41, 5.74) is 0.865. The summed E-state index contributed by atoms with van der Waals surface area (Å²) in [6.45, 7) is 1.38. The highest BCUT2D eigenvalue weighted by Crippen LogP contribution is 2.33. The van der Waals surface area contributed by atoms with Gasteiger partial charge in [0.25, 0.3) is 5.91 Å². The van der Waals surface area contributed by atoms with Gasteiger partial charge in [-0.25, -0.2) is 0 Å². The number of hydrogen-bond acceptors (Lipinski definition) is 5. The minimum atomic E-state index is -1.32. The Morgan fingerprint density at radius 2 is 2.26 bits per heavy atom. The molecule has 1 fully saturated rings. The van der Waals surface area contributed by atoms with Gasteiger partial charge in [0.05, 0.1) is 16.9 Å². The van der Waals surface area contributed by atoms with Crippen LogP contribution in [0, 0.1) is 0 Å². The van der Waals surface area contributed by atoms with Gasteiger partial charge in [-0.2, -0.15) is 0 Å². The van der Waals surface area contributed by atoms with E-state index in [-0.39, 0.29) is 4.32 Å². The number of carboxylic acids is 1. The lowest BCUT2D eigenvalue weighted by Gasteiger charge is -2.23. The average Bonchev–Trinajstić information content (AvgIpc) is 2.84. The fourth-order valence-corrected chi connectivity index (χ4v) is 3.10. The highest BCUT2D eigenvalue weighted by atomic mass is 32.2. The first-order valence-corrected chi connectivity index (χ1v) is 6.72. The lowest BCUT2D eigenvalue weighted by molar-refractivity contribution is -0.309. The fourth-order valence-electron chi connectivity index (χ4n) is 1.68. The number of aliphatic carboxylic acids is 1. The van der Waals surface area contributed by atoms with Crippen LogP contribution in [-0.4, -0.2) is 31.7 Å². The van der Waals surface area contributed by atoms with E-state index in [1.807, 2.05) is 30.1 Å². The summed E-state index contributed by atoms with van der Waals surface area (Å²) in [7, 11) is 1.88. The molecule has 1 saturated heterocycles. The summed E-state index contributed by atoms with van der Waals surface area (Å²) in [4.78, 5) is 24.5. The SMILES string of the molecule is C[C@H](C(=O)[O-])N1C(=O)/C(=C\c2ccn(C)c2)SC1=S. The summed E-state index contributed by atoms with van der Waals surface area (Å²) in [5.74, 6) is -1.71. The maximum absolute atomic E-state index is 12.1. The van der Waals surface area contributed by atoms with Crippen LogP contribution in [0.3, 0.4) is 0 Å². The second kappa shape index (κ2) is 5.18. The summed E-state index contributed by atoms with van der Waals surface area (Å²) < 4.78 is 2.10. The third-order valence-corrected chi connectivity index (χ3v) is 4.03. The molecule has 5 nitrogen and oxygen atoms in total. The molecule has 0 unspecified atom stereocenters. The van der Waals surface area contributed by atoms with E-state index in [9.17, 15) is 14.7 Å². The van der Waals surface area contributed by atoms with Crippen molar-refractivity contribution in [1.29, 1.82) is 0 Å². The molecule has 1 aliphatic rings. The second-order valence-electron chi connectivity index (χ2n) is 4.16. The molecule has 1 aromatic rings. The first-order chi connectivity index (χ1) is 8.90. The third-order valence-electron chi connectivity index (χ3n) is 2.70. The Morgan fingerprint density at radius 1 is 1.58 bits per heavy atom. The monoisotopic (exact) mass is 295 g/mol. The largest absolute Gasteiger partial charge is 0.548 e. The molecule has 1 aliphatic heterocycles. The van der Waals surface area contributed by atoms with E-state index in [0.717, 1.165) is 22.2 Å². The summed E-state index contributed by atoms with van der Waals surface area (Å²) in [6, 6.07) is 0.795. The first kappa shape index (κ1) is 13.8. The normalized spacial score (nSPS) is 19.3. The third kappa shape index (κ3) is 2.71. The van der Waals surface area contributed by atoms with Gasteiger partial charge >= 0.3 is 0 Å². The molecule has 2 rings (SSSR count). The number of carboxylic acid groups (broad SMARTS) is 1. The van der Waals surface area contributed by atoms with Gasteiger partial charge in [-0.05, 0) is 24.6 Å². The van der Waals surface area contributed by atoms with Crippen molar-refractivity contribution in [3.05, 3.63) is 28.9 Å². The second-order valence-corrected chi connectivity index (χ2v) is 5.83. The van der Waals surface area contributed by atoms with Crippen LogP contribution in [0.15, 0.2) is 23.4 Å². The number of hydrogen-bond donors (Lipinski definition) is 0. The van der Waals surface area contributed by atoms with Crippen LogP contribution in [0.2, 0.25) is 0 Å². The lowest BCUT2D eigenvalue weighted by atomic mass is 10.2. The highest BCUT2D eigenvalue weighted by molar-refractivity contribution is 8.26. The number of aromatic nitrogens is 1. The van der Waals surface area contributed by atoms with Gasteiger partial charge < -0.3 is 14.5 Å². The zero-order valence-corrected chi connectivity index (χ0v) is 12.0. The number of nitrogens with zero attached hydrogens (tertiary/aromatic N) is 2. The van der Waals surface area contributed by atoms with Crippen molar-refractivity contribution in [3.63, 3.8) is 0 Å². The lowest BCUT2D eigenvalue weighted by Crippen LogP contribution is -2.48. The molecule has 2 heterocycles. The molecule has 1 atom stereocenters. The van der Waals surface area contributed by atoms with Gasteiger partial charge in [0.15, 0.2) is 0 Å². The van der Waals surface area contributed by atoms with Crippen LogP contribution in [0.25, 0.3) is 6.08 Å². The Bertz CT molecular complexity index is 592. The topological polar surface area (TPSA) is 65.4 Å². The Hall–Kier alpha value is -1.60. The van der Waals surface area contributed by atoms with Gasteiger partial charge in [0.1, 0.15) is 4.32 Å². The molecule has 1 aromatic heterocycles. The van der Waals surface area contributed by atoms with Crippen molar-refractivity contribution in [3.8, 4) is 0 Å². The van der Waals surface area contributed by atoms with Crippen molar-refractivity contribution >= 4 is 46.3 Å². The van der Waals surface area contributed by atoms with E-state index in [1.54, 1.807) is 6.08 Å². The Kier molecular flexibility index (Phi) is 3.77. The summed E-state index contributed by atoms with van der Waals surface area (Å²) >= 11 is 6.14. The highest BCUT2D eigenvalue weighted by Gasteiger charge is 2.35. The Balaban J connectivity index is 2.27. The maximum Gasteiger partial charge on any atom is 0.266 e. The van der Waals surface area contributed by atoms with E-state index >= 15 is 0 Å². The van der Waals surface area contributed by atoms with Crippen molar-refractivity contribution in [2.24, 2.45) is 7.05 Å². The van der Waals surface area contributed by atoms with Crippen molar-refractivity contribution in [1.82, 2.24) is 9.47 Å². The van der Waals surface area contributed by atoms with Crippen LogP contribution in [0.4, 0.5) is 0 Å². The van der Waals surface area contributed by atoms with E-state index in [2.05, 4.69) is 0 Å². The molecule has 0 aromatic carbocycles. The van der Waals surface area contributed by atoms with E-state index < -0.39 is 17.9 Å². The predicted molar refractivity (Wildman–Crippen MR) is 74.9 cm³/mol. The standard InChI is InChI=1S/C12H12N2O3S2/c1-7(11(16)17)14-10(15)9(19-12(14)18)5-8-3-4-13(2)6-8/h3-7H,1-2H3,(H,16,17)/p-1/b9-5+/t7-/m1/s1. The van der Waals surface area contributed by atoms with Gasteiger partial charge in [-0.3, -0.25) is 9.69 Å². The van der Waals surface area contributed by atoms with Crippen molar-refractivity contribution in [2.75, 3.05) is 0 Å². The number of thiocarbonyl (C=S) groups is 1. The molecule has 0 saturated carbocycles. The minimum absolute atomic E-state index is 0.240. The average molecular weight is 295 g/mol. The Labute approximate surface area is 119 Å². The van der Waals surface area contributed by atoms with Crippen LogP contribution >= 0.6 is 24.0 Å². The van der Waals surface area contributed by atoms with Gasteiger partial charge in [-0.1, -0.05) is 24.0 Å². The number of thioether (sulfide) groups is 1. The van der Waals surface area contributed by atoms with Crippen LogP contribution in [-0.2, 0) is 16.6 Å². The molecular formula is C12H11N2O3S2-. The Morgan fingerprint density at radius 3 is 2.79 bits per heavy atom. The molecule has 0 N–H and O–H groups in total. The maximum atomic E-state index is 12.1. The van der Waals surface area contributed by atoms with Gasteiger partial charge in [-0.15, -0.1) is 0 Å². The predicted octanol–water partition coefficient (Wildman–Crippen LogP) is 0.365. The molecule has 0 bridgehead atoms. The van der Waals surface area contributed by atoms with Crippen LogP contribution < -0.4 is 5.11 Å². The van der Waals surface area contributed by atoms with Gasteiger partial charge in [0, 0.05) is 19.4 Å². The molecule has 0 spiro atoms. The smallest absolute Gasteiger partial charge is 0.266 e. The number of carbonyl (C=O) groups is 2.